The molecule has 3 heterocycles. The summed E-state index contributed by atoms with van der Waals surface area (Å²) in [6, 6.07) is 0.437. The first kappa shape index (κ1) is 15.5. The molecule has 3 rings (SSSR count). The number of rotatable bonds is 5. The molecule has 0 aromatic carbocycles. The maximum absolute atomic E-state index is 12.6. The summed E-state index contributed by atoms with van der Waals surface area (Å²) in [5.41, 5.74) is 0. The van der Waals surface area contributed by atoms with E-state index in [1.165, 1.54) is 45.2 Å². The van der Waals surface area contributed by atoms with Crippen molar-refractivity contribution in [2.24, 2.45) is 0 Å². The quantitative estimate of drug-likeness (QED) is 0.837. The Morgan fingerprint density at radius 1 is 1.09 bits per heavy atom. The van der Waals surface area contributed by atoms with Crippen molar-refractivity contribution in [3.8, 4) is 0 Å². The number of amides is 1. The maximum atomic E-state index is 12.6. The van der Waals surface area contributed by atoms with Crippen molar-refractivity contribution in [1.82, 2.24) is 19.4 Å². The van der Waals surface area contributed by atoms with Crippen LogP contribution in [-0.4, -0.2) is 57.5 Å². The highest BCUT2D eigenvalue weighted by molar-refractivity contribution is 5.76. The molecule has 1 aromatic rings. The van der Waals surface area contributed by atoms with Crippen LogP contribution in [0.25, 0.3) is 0 Å². The molecule has 0 bridgehead atoms. The van der Waals surface area contributed by atoms with Crippen molar-refractivity contribution in [1.29, 1.82) is 0 Å². The number of likely N-dealkylation sites (tertiary alicyclic amines) is 2. The Bertz CT molecular complexity index is 453. The molecule has 2 fully saturated rings. The molecule has 2 saturated heterocycles. The molecule has 0 radical (unpaired) electrons. The van der Waals surface area contributed by atoms with E-state index in [4.69, 9.17) is 0 Å². The van der Waals surface area contributed by atoms with Gasteiger partial charge in [-0.15, -0.1) is 0 Å². The molecule has 1 amide bonds. The second-order valence-corrected chi connectivity index (χ2v) is 6.66. The Labute approximate surface area is 133 Å². The van der Waals surface area contributed by atoms with E-state index in [0.29, 0.717) is 12.6 Å². The molecule has 5 nitrogen and oxygen atoms in total. The van der Waals surface area contributed by atoms with E-state index >= 15 is 0 Å². The summed E-state index contributed by atoms with van der Waals surface area (Å²) in [6.07, 6.45) is 14.1. The van der Waals surface area contributed by atoms with Gasteiger partial charge in [0.2, 0.25) is 5.91 Å². The van der Waals surface area contributed by atoms with Gasteiger partial charge in [-0.1, -0.05) is 6.42 Å². The summed E-state index contributed by atoms with van der Waals surface area (Å²) in [7, 11) is 0. The monoisotopic (exact) mass is 304 g/mol. The molecule has 0 N–H and O–H groups in total. The molecule has 0 spiro atoms. The molecular formula is C17H28N4O. The van der Waals surface area contributed by atoms with Crippen molar-refractivity contribution >= 4 is 5.91 Å². The normalized spacial score (nSPS) is 23.6. The highest BCUT2D eigenvalue weighted by Gasteiger charge is 2.27. The Morgan fingerprint density at radius 2 is 1.91 bits per heavy atom. The van der Waals surface area contributed by atoms with E-state index in [1.807, 2.05) is 10.8 Å². The van der Waals surface area contributed by atoms with E-state index in [2.05, 4.69) is 14.8 Å². The molecule has 22 heavy (non-hydrogen) atoms. The van der Waals surface area contributed by atoms with Crippen LogP contribution < -0.4 is 0 Å². The third-order valence-electron chi connectivity index (χ3n) is 5.05. The molecule has 1 atom stereocenters. The Hall–Kier alpha value is -1.36. The lowest BCUT2D eigenvalue weighted by Gasteiger charge is -2.37. The van der Waals surface area contributed by atoms with E-state index in [1.54, 1.807) is 12.5 Å². The summed E-state index contributed by atoms with van der Waals surface area (Å²) in [6.45, 7) is 5.00. The summed E-state index contributed by atoms with van der Waals surface area (Å²) in [4.78, 5) is 21.3. The minimum atomic E-state index is 0.251. The van der Waals surface area contributed by atoms with E-state index < -0.39 is 0 Å². The van der Waals surface area contributed by atoms with Gasteiger partial charge in [0.15, 0.2) is 0 Å². The van der Waals surface area contributed by atoms with Gasteiger partial charge in [0.25, 0.3) is 0 Å². The van der Waals surface area contributed by atoms with Crippen molar-refractivity contribution in [2.45, 2.75) is 57.5 Å². The van der Waals surface area contributed by atoms with Gasteiger partial charge in [-0.25, -0.2) is 4.98 Å². The summed E-state index contributed by atoms with van der Waals surface area (Å²) in [5, 5.41) is 0. The second-order valence-electron chi connectivity index (χ2n) is 6.66. The zero-order valence-corrected chi connectivity index (χ0v) is 13.5. The number of carbonyl (C=O) groups excluding carboxylic acids is 1. The molecule has 122 valence electrons. The van der Waals surface area contributed by atoms with Crippen LogP contribution in [0.1, 0.15) is 44.9 Å². The summed E-state index contributed by atoms with van der Waals surface area (Å²) in [5.74, 6) is 0.251. The van der Waals surface area contributed by atoms with Gasteiger partial charge in [-0.3, -0.25) is 4.79 Å². The van der Waals surface area contributed by atoms with Crippen molar-refractivity contribution < 1.29 is 4.79 Å². The fourth-order valence-corrected chi connectivity index (χ4v) is 3.77. The second kappa shape index (κ2) is 7.77. The Morgan fingerprint density at radius 3 is 2.68 bits per heavy atom. The Balaban J connectivity index is 1.52. The zero-order chi connectivity index (χ0) is 15.2. The number of carbonyl (C=O) groups is 1. The van der Waals surface area contributed by atoms with Crippen molar-refractivity contribution in [3.63, 3.8) is 0 Å². The van der Waals surface area contributed by atoms with Crippen LogP contribution in [0, 0.1) is 0 Å². The van der Waals surface area contributed by atoms with Crippen LogP contribution >= 0.6 is 0 Å². The summed E-state index contributed by atoms with van der Waals surface area (Å²) >= 11 is 0. The maximum Gasteiger partial charge on any atom is 0.242 e. The average molecular weight is 304 g/mol. The number of hydrogen-bond donors (Lipinski definition) is 0. The molecule has 2 aliphatic heterocycles. The van der Waals surface area contributed by atoms with E-state index in [-0.39, 0.29) is 5.91 Å². The highest BCUT2D eigenvalue weighted by atomic mass is 16.2. The predicted octanol–water partition coefficient (Wildman–Crippen LogP) is 2.14. The minimum Gasteiger partial charge on any atom is -0.338 e. The lowest BCUT2D eigenvalue weighted by atomic mass is 9.98. The molecule has 2 aliphatic rings. The molecular weight excluding hydrogens is 276 g/mol. The minimum absolute atomic E-state index is 0.251. The zero-order valence-electron chi connectivity index (χ0n) is 13.5. The molecule has 0 aliphatic carbocycles. The van der Waals surface area contributed by atoms with Gasteiger partial charge < -0.3 is 14.4 Å². The van der Waals surface area contributed by atoms with E-state index in [0.717, 1.165) is 25.9 Å². The van der Waals surface area contributed by atoms with Gasteiger partial charge in [0.05, 0.1) is 6.33 Å². The standard InChI is InChI=1S/C17H28N4O/c22-17(14-20-13-8-18-15-20)21-11-5-2-6-16(21)7-12-19-9-3-1-4-10-19/h8,13,15-16H,1-7,9-12,14H2. The van der Waals surface area contributed by atoms with Gasteiger partial charge in [0.1, 0.15) is 6.54 Å². The van der Waals surface area contributed by atoms with Crippen LogP contribution in [0.5, 0.6) is 0 Å². The van der Waals surface area contributed by atoms with Gasteiger partial charge >= 0.3 is 0 Å². The predicted molar refractivity (Wildman–Crippen MR) is 86.5 cm³/mol. The van der Waals surface area contributed by atoms with Crippen molar-refractivity contribution in [3.05, 3.63) is 18.7 Å². The first-order valence-corrected chi connectivity index (χ1v) is 8.80. The Kier molecular flexibility index (Phi) is 5.48. The van der Waals surface area contributed by atoms with Gasteiger partial charge in [-0.2, -0.15) is 0 Å². The number of imidazole rings is 1. The largest absolute Gasteiger partial charge is 0.338 e. The number of nitrogens with zero attached hydrogens (tertiary/aromatic N) is 4. The topological polar surface area (TPSA) is 41.4 Å². The lowest BCUT2D eigenvalue weighted by Crippen LogP contribution is -2.46. The third-order valence-corrected chi connectivity index (χ3v) is 5.05. The average Bonchev–Trinajstić information content (AvgIpc) is 3.07. The number of hydrogen-bond acceptors (Lipinski definition) is 3. The van der Waals surface area contributed by atoms with Crippen LogP contribution in [-0.2, 0) is 11.3 Å². The van der Waals surface area contributed by atoms with Gasteiger partial charge in [-0.05, 0) is 51.6 Å². The van der Waals surface area contributed by atoms with E-state index in [9.17, 15) is 4.79 Å². The van der Waals surface area contributed by atoms with Crippen molar-refractivity contribution in [2.75, 3.05) is 26.2 Å². The molecule has 0 saturated carbocycles. The lowest BCUT2D eigenvalue weighted by molar-refractivity contribution is -0.135. The van der Waals surface area contributed by atoms with Crippen LogP contribution in [0.15, 0.2) is 18.7 Å². The van der Waals surface area contributed by atoms with Crippen LogP contribution in [0.2, 0.25) is 0 Å². The van der Waals surface area contributed by atoms with Crippen LogP contribution in [0.3, 0.4) is 0 Å². The SMILES string of the molecule is O=C(Cn1ccnc1)N1CCCCC1CCN1CCCCC1. The van der Waals surface area contributed by atoms with Crippen LogP contribution in [0.4, 0.5) is 0 Å². The fourth-order valence-electron chi connectivity index (χ4n) is 3.77. The summed E-state index contributed by atoms with van der Waals surface area (Å²) < 4.78 is 1.87. The highest BCUT2D eigenvalue weighted by Crippen LogP contribution is 2.21. The molecule has 1 unspecified atom stereocenters. The number of aromatic nitrogens is 2. The first-order chi connectivity index (χ1) is 10.8. The fraction of sp³-hybridized carbons (Fsp3) is 0.765. The first-order valence-electron chi connectivity index (χ1n) is 8.80. The number of piperidine rings is 2. The van der Waals surface area contributed by atoms with Gasteiger partial charge in [0, 0.05) is 31.5 Å². The smallest absolute Gasteiger partial charge is 0.242 e. The molecule has 5 heteroatoms. The third kappa shape index (κ3) is 4.09. The molecule has 1 aromatic heterocycles.